The van der Waals surface area contributed by atoms with Gasteiger partial charge >= 0.3 is 0 Å². The minimum Gasteiger partial charge on any atom is -0.496 e. The van der Waals surface area contributed by atoms with Gasteiger partial charge in [-0.3, -0.25) is 4.79 Å². The fourth-order valence-electron chi connectivity index (χ4n) is 2.59. The lowest BCUT2D eigenvalue weighted by molar-refractivity contribution is 0.297. The van der Waals surface area contributed by atoms with E-state index in [0.717, 1.165) is 5.56 Å². The van der Waals surface area contributed by atoms with E-state index in [2.05, 4.69) is 9.97 Å². The first-order chi connectivity index (χ1) is 13.5. The number of rotatable bonds is 6. The van der Waals surface area contributed by atoms with E-state index in [1.165, 1.54) is 11.8 Å². The van der Waals surface area contributed by atoms with Crippen LogP contribution in [0, 0.1) is 11.3 Å². The van der Waals surface area contributed by atoms with Gasteiger partial charge in [0.05, 0.1) is 12.8 Å². The molecule has 0 aliphatic carbocycles. The molecule has 0 radical (unpaired) electrons. The van der Waals surface area contributed by atoms with Crippen LogP contribution in [0.1, 0.15) is 11.1 Å². The lowest BCUT2D eigenvalue weighted by atomic mass is 10.0. The predicted octanol–water partition coefficient (Wildman–Crippen LogP) is 4.27. The number of methoxy groups -OCH3 is 1. The molecule has 1 aromatic heterocycles. The largest absolute Gasteiger partial charge is 0.496 e. The fourth-order valence-corrected chi connectivity index (χ4v) is 3.10. The van der Waals surface area contributed by atoms with Gasteiger partial charge in [-0.1, -0.05) is 23.4 Å². The van der Waals surface area contributed by atoms with E-state index in [1.807, 2.05) is 12.1 Å². The second-order valence-electron chi connectivity index (χ2n) is 5.68. The maximum absolute atomic E-state index is 12.2. The van der Waals surface area contributed by atoms with E-state index in [4.69, 9.17) is 21.1 Å². The number of benzene rings is 2. The maximum Gasteiger partial charge on any atom is 0.270 e. The number of ether oxygens (including phenoxy) is 2. The number of nitriles is 1. The molecule has 1 heterocycles. The third-order valence-corrected chi connectivity index (χ3v) is 4.80. The van der Waals surface area contributed by atoms with E-state index in [9.17, 15) is 10.1 Å². The molecule has 3 aromatic rings. The van der Waals surface area contributed by atoms with Gasteiger partial charge in [0.15, 0.2) is 5.16 Å². The summed E-state index contributed by atoms with van der Waals surface area (Å²) in [5, 5.41) is 10.5. The van der Waals surface area contributed by atoms with Crippen molar-refractivity contribution in [3.8, 4) is 28.8 Å². The van der Waals surface area contributed by atoms with Crippen molar-refractivity contribution in [2.75, 3.05) is 13.4 Å². The molecule has 0 saturated heterocycles. The summed E-state index contributed by atoms with van der Waals surface area (Å²) >= 11 is 7.19. The molecular weight excluding hydrogens is 398 g/mol. The Kier molecular flexibility index (Phi) is 6.24. The summed E-state index contributed by atoms with van der Waals surface area (Å²) in [4.78, 5) is 19.2. The number of nitrogens with one attached hydrogen (secondary N) is 1. The third kappa shape index (κ3) is 4.30. The highest BCUT2D eigenvalue weighted by molar-refractivity contribution is 7.98. The Bertz CT molecular complexity index is 1090. The maximum atomic E-state index is 12.2. The Morgan fingerprint density at radius 2 is 2.00 bits per heavy atom. The molecule has 0 amide bonds. The Morgan fingerprint density at radius 1 is 1.25 bits per heavy atom. The number of thioether (sulfide) groups is 1. The third-order valence-electron chi connectivity index (χ3n) is 3.96. The molecule has 142 valence electrons. The molecule has 0 aliphatic heterocycles. The van der Waals surface area contributed by atoms with Crippen LogP contribution in [-0.2, 0) is 6.61 Å². The lowest BCUT2D eigenvalue weighted by Gasteiger charge is -2.13. The van der Waals surface area contributed by atoms with Gasteiger partial charge in [-0.15, -0.1) is 0 Å². The van der Waals surface area contributed by atoms with Crippen LogP contribution < -0.4 is 15.0 Å². The molecule has 28 heavy (non-hydrogen) atoms. The summed E-state index contributed by atoms with van der Waals surface area (Å²) in [7, 11) is 1.57. The molecule has 0 spiro atoms. The molecular formula is C20H16ClN3O3S. The molecule has 0 saturated carbocycles. The quantitative estimate of drug-likeness (QED) is 0.479. The second kappa shape index (κ2) is 8.83. The minimum atomic E-state index is -0.466. The molecule has 0 atom stereocenters. The zero-order valence-corrected chi connectivity index (χ0v) is 16.7. The first-order valence-electron chi connectivity index (χ1n) is 8.19. The number of hydrogen-bond acceptors (Lipinski definition) is 6. The summed E-state index contributed by atoms with van der Waals surface area (Å²) in [5.41, 5.74) is 1.21. The van der Waals surface area contributed by atoms with Gasteiger partial charge in [0.2, 0.25) is 0 Å². The Labute approximate surface area is 171 Å². The summed E-state index contributed by atoms with van der Waals surface area (Å²) in [6, 6.07) is 14.3. The minimum absolute atomic E-state index is 0.0347. The zero-order valence-electron chi connectivity index (χ0n) is 15.2. The molecule has 3 rings (SSSR count). The molecule has 0 fully saturated rings. The molecule has 0 bridgehead atoms. The van der Waals surface area contributed by atoms with Crippen LogP contribution in [0.25, 0.3) is 11.3 Å². The zero-order chi connectivity index (χ0) is 20.1. The van der Waals surface area contributed by atoms with Crippen LogP contribution in [0.15, 0.2) is 52.4 Å². The van der Waals surface area contributed by atoms with Gasteiger partial charge < -0.3 is 14.5 Å². The number of hydrogen-bond donors (Lipinski definition) is 1. The van der Waals surface area contributed by atoms with Gasteiger partial charge in [0, 0.05) is 16.1 Å². The highest BCUT2D eigenvalue weighted by atomic mass is 35.5. The topological polar surface area (TPSA) is 88.0 Å². The molecule has 6 nitrogen and oxygen atoms in total. The van der Waals surface area contributed by atoms with E-state index in [0.29, 0.717) is 32.9 Å². The van der Waals surface area contributed by atoms with Crippen molar-refractivity contribution in [1.82, 2.24) is 9.97 Å². The molecule has 1 N–H and O–H groups in total. The second-order valence-corrected chi connectivity index (χ2v) is 6.91. The number of nitrogens with zero attached hydrogens (tertiary/aromatic N) is 2. The lowest BCUT2D eigenvalue weighted by Crippen LogP contribution is -2.14. The van der Waals surface area contributed by atoms with E-state index in [-0.39, 0.29) is 12.2 Å². The van der Waals surface area contributed by atoms with Gasteiger partial charge in [-0.25, -0.2) is 4.98 Å². The van der Waals surface area contributed by atoms with Crippen molar-refractivity contribution in [3.63, 3.8) is 0 Å². The van der Waals surface area contributed by atoms with Gasteiger partial charge in [-0.05, 0) is 48.7 Å². The van der Waals surface area contributed by atoms with Gasteiger partial charge in [0.1, 0.15) is 29.7 Å². The highest BCUT2D eigenvalue weighted by Gasteiger charge is 2.15. The van der Waals surface area contributed by atoms with Crippen LogP contribution in [0.4, 0.5) is 0 Å². The van der Waals surface area contributed by atoms with Gasteiger partial charge in [0.25, 0.3) is 5.56 Å². The SMILES string of the molecule is COc1ccc(-c2nc(SC)[nH]c(=O)c2C#N)cc1COc1ccc(Cl)cc1. The molecule has 2 aromatic carbocycles. The van der Waals surface area contributed by atoms with E-state index >= 15 is 0 Å². The molecule has 8 heteroatoms. The van der Waals surface area contributed by atoms with E-state index in [1.54, 1.807) is 49.8 Å². The highest BCUT2D eigenvalue weighted by Crippen LogP contribution is 2.28. The Hall–Kier alpha value is -2.95. The number of aromatic amines is 1. The van der Waals surface area contributed by atoms with Crippen molar-refractivity contribution in [3.05, 3.63) is 69.0 Å². The molecule has 0 unspecified atom stereocenters. The number of H-pyrrole nitrogens is 1. The first-order valence-corrected chi connectivity index (χ1v) is 9.80. The summed E-state index contributed by atoms with van der Waals surface area (Å²) in [6.45, 7) is 0.235. The average molecular weight is 414 g/mol. The van der Waals surface area contributed by atoms with Crippen molar-refractivity contribution < 1.29 is 9.47 Å². The summed E-state index contributed by atoms with van der Waals surface area (Å²) in [6.07, 6.45) is 1.80. The summed E-state index contributed by atoms with van der Waals surface area (Å²) < 4.78 is 11.2. The van der Waals surface area contributed by atoms with Crippen LogP contribution in [-0.4, -0.2) is 23.3 Å². The van der Waals surface area contributed by atoms with Crippen LogP contribution in [0.2, 0.25) is 5.02 Å². The number of aromatic nitrogens is 2. The van der Waals surface area contributed by atoms with Crippen LogP contribution in [0.5, 0.6) is 11.5 Å². The summed E-state index contributed by atoms with van der Waals surface area (Å²) in [5.74, 6) is 1.29. The average Bonchev–Trinajstić information content (AvgIpc) is 2.72. The standard InChI is InChI=1S/C20H16ClN3O3S/c1-26-17-8-3-12(18-16(10-22)19(25)24-20(23-18)28-2)9-13(17)11-27-15-6-4-14(21)5-7-15/h3-9H,11H2,1-2H3,(H,23,24,25). The van der Waals surface area contributed by atoms with Crippen molar-refractivity contribution >= 4 is 23.4 Å². The van der Waals surface area contributed by atoms with E-state index < -0.39 is 5.56 Å². The van der Waals surface area contributed by atoms with Crippen LogP contribution >= 0.6 is 23.4 Å². The predicted molar refractivity (Wildman–Crippen MR) is 109 cm³/mol. The van der Waals surface area contributed by atoms with Crippen molar-refractivity contribution in [1.29, 1.82) is 5.26 Å². The molecule has 0 aliphatic rings. The van der Waals surface area contributed by atoms with Crippen molar-refractivity contribution in [2.45, 2.75) is 11.8 Å². The monoisotopic (exact) mass is 413 g/mol. The normalized spacial score (nSPS) is 10.4. The Morgan fingerprint density at radius 3 is 2.64 bits per heavy atom. The fraction of sp³-hybridized carbons (Fsp3) is 0.150. The number of halogens is 1. The van der Waals surface area contributed by atoms with Crippen molar-refractivity contribution in [2.24, 2.45) is 0 Å². The first kappa shape index (κ1) is 19.8. The van der Waals surface area contributed by atoms with Crippen LogP contribution in [0.3, 0.4) is 0 Å². The Balaban J connectivity index is 1.99. The smallest absolute Gasteiger partial charge is 0.270 e. The van der Waals surface area contributed by atoms with Gasteiger partial charge in [-0.2, -0.15) is 5.26 Å².